The molecule has 3 aromatic carbocycles. The fraction of sp³-hybridized carbons (Fsp3) is 0.425. The van der Waals surface area contributed by atoms with E-state index in [0.717, 1.165) is 68.9 Å². The van der Waals surface area contributed by atoms with Crippen molar-refractivity contribution in [1.82, 2.24) is 25.1 Å². The Hall–Kier alpha value is -4.68. The molecule has 276 valence electrons. The van der Waals surface area contributed by atoms with Gasteiger partial charge in [-0.1, -0.05) is 73.5 Å². The number of nitrogens with zero attached hydrogens (tertiary/aromatic N) is 5. The van der Waals surface area contributed by atoms with Crippen molar-refractivity contribution >= 4 is 23.4 Å². The number of carbonyl (C=O) groups excluding carboxylic acids is 1. The van der Waals surface area contributed by atoms with E-state index in [-0.39, 0.29) is 42.3 Å². The molecule has 2 atom stereocenters. The first-order chi connectivity index (χ1) is 25.1. The molecule has 1 aliphatic carbocycles. The number of ether oxygens (including phenoxy) is 1. The van der Waals surface area contributed by atoms with Gasteiger partial charge in [0, 0.05) is 43.0 Å². The van der Waals surface area contributed by atoms with Crippen LogP contribution < -0.4 is 20.3 Å². The highest BCUT2D eigenvalue weighted by molar-refractivity contribution is 5.95. The number of likely N-dealkylation sites (N-methyl/N-ethyl adjacent to an activating group) is 1. The predicted octanol–water partition coefficient (Wildman–Crippen LogP) is 7.52. The minimum absolute atomic E-state index is 0.00658. The van der Waals surface area contributed by atoms with Crippen LogP contribution in [0.3, 0.4) is 0 Å². The zero-order valence-electron chi connectivity index (χ0n) is 30.1. The fourth-order valence-corrected chi connectivity index (χ4v) is 7.42. The number of benzene rings is 3. The van der Waals surface area contributed by atoms with E-state index in [1.165, 1.54) is 7.11 Å². The highest BCUT2D eigenvalue weighted by Crippen LogP contribution is 2.40. The molecule has 12 heteroatoms. The summed E-state index contributed by atoms with van der Waals surface area (Å²) < 4.78 is 50.2. The second kappa shape index (κ2) is 16.8. The number of halogens is 3. The molecule has 9 nitrogen and oxygen atoms in total. The number of alkyl halides is 3. The predicted molar refractivity (Wildman–Crippen MR) is 198 cm³/mol. The lowest BCUT2D eigenvalue weighted by Gasteiger charge is -2.45. The molecule has 0 unspecified atom stereocenters. The van der Waals surface area contributed by atoms with Gasteiger partial charge in [0.1, 0.15) is 17.1 Å². The molecule has 1 amide bonds. The van der Waals surface area contributed by atoms with E-state index < -0.39 is 11.7 Å². The summed E-state index contributed by atoms with van der Waals surface area (Å²) in [6, 6.07) is 24.5. The molecule has 1 aliphatic heterocycles. The normalized spacial score (nSPS) is 18.6. The van der Waals surface area contributed by atoms with E-state index in [4.69, 9.17) is 4.74 Å². The topological polar surface area (TPSA) is 85.9 Å². The number of hydrogen-bond acceptors (Lipinski definition) is 8. The SMILES string of the molecule is COc1cc(C(=O)NC2CCN(C)CC2)ccc1Nc1ncc(C(F)(F)F)c(N(Cc2ccccc2)[C@@H]2CCCC[C@H]2N(C)Cc2ccccc2)n1. The largest absolute Gasteiger partial charge is 0.495 e. The van der Waals surface area contributed by atoms with Crippen LogP contribution >= 0.6 is 0 Å². The summed E-state index contributed by atoms with van der Waals surface area (Å²) in [6.07, 6.45) is 1.39. The molecule has 4 aromatic rings. The number of methoxy groups -OCH3 is 1. The van der Waals surface area contributed by atoms with Gasteiger partial charge in [0.25, 0.3) is 5.91 Å². The van der Waals surface area contributed by atoms with Crippen LogP contribution in [0.1, 0.15) is 65.6 Å². The third-order valence-electron chi connectivity index (χ3n) is 10.2. The molecule has 0 spiro atoms. The number of anilines is 3. The van der Waals surface area contributed by atoms with Gasteiger partial charge >= 0.3 is 6.18 Å². The molecular weight excluding hydrogens is 667 g/mol. The van der Waals surface area contributed by atoms with Gasteiger partial charge in [0.05, 0.1) is 12.8 Å². The number of nitrogens with one attached hydrogen (secondary N) is 2. The van der Waals surface area contributed by atoms with E-state index in [1.54, 1.807) is 18.2 Å². The summed E-state index contributed by atoms with van der Waals surface area (Å²) >= 11 is 0. The smallest absolute Gasteiger partial charge is 0.421 e. The Balaban J connectivity index is 1.32. The van der Waals surface area contributed by atoms with Gasteiger partial charge in [-0.25, -0.2) is 4.98 Å². The first kappa shape index (κ1) is 37.1. The number of rotatable bonds is 12. The third kappa shape index (κ3) is 9.21. The lowest BCUT2D eigenvalue weighted by atomic mass is 9.87. The van der Waals surface area contributed by atoms with Crippen LogP contribution in [0.4, 0.5) is 30.6 Å². The van der Waals surface area contributed by atoms with E-state index in [9.17, 15) is 18.0 Å². The van der Waals surface area contributed by atoms with E-state index in [2.05, 4.69) is 56.6 Å². The van der Waals surface area contributed by atoms with E-state index >= 15 is 0 Å². The zero-order valence-corrected chi connectivity index (χ0v) is 30.1. The monoisotopic (exact) mass is 715 g/mol. The molecule has 52 heavy (non-hydrogen) atoms. The van der Waals surface area contributed by atoms with Gasteiger partial charge in [-0.2, -0.15) is 18.2 Å². The van der Waals surface area contributed by atoms with Gasteiger partial charge in [-0.15, -0.1) is 0 Å². The van der Waals surface area contributed by atoms with Gasteiger partial charge < -0.3 is 25.2 Å². The van der Waals surface area contributed by atoms with Crippen LogP contribution in [0.2, 0.25) is 0 Å². The van der Waals surface area contributed by atoms with E-state index in [1.807, 2.05) is 53.4 Å². The molecular formula is C40H48F3N7O2. The van der Waals surface area contributed by atoms with Crippen LogP contribution in [-0.2, 0) is 19.3 Å². The first-order valence-corrected chi connectivity index (χ1v) is 18.0. The Kier molecular flexibility index (Phi) is 12.0. The van der Waals surface area contributed by atoms with Crippen LogP contribution in [0.5, 0.6) is 5.75 Å². The van der Waals surface area contributed by atoms with Gasteiger partial charge in [-0.3, -0.25) is 9.69 Å². The summed E-state index contributed by atoms with van der Waals surface area (Å²) in [4.78, 5) is 28.2. The molecule has 6 rings (SSSR count). The average molecular weight is 716 g/mol. The van der Waals surface area contributed by atoms with Crippen molar-refractivity contribution in [3.05, 3.63) is 107 Å². The maximum absolute atomic E-state index is 14.8. The maximum atomic E-state index is 14.8. The summed E-state index contributed by atoms with van der Waals surface area (Å²) in [6.45, 7) is 2.75. The standard InChI is InChI=1S/C40H48F3N7O2/c1-48-22-20-31(21-23-48)45-38(51)30-18-19-33(36(24-30)52-3)46-39-44-25-32(40(41,42)43)37(47-39)50(27-29-14-8-5-9-15-29)35-17-11-10-16-34(35)49(2)26-28-12-6-4-7-13-28/h4-9,12-15,18-19,24-25,31,34-35H,10-11,16-17,20-23,26-27H2,1-3H3,(H,45,51)(H,44,46,47)/t34-,35-/m1/s1. The average Bonchev–Trinajstić information content (AvgIpc) is 3.15. The van der Waals surface area contributed by atoms with Gasteiger partial charge in [0.2, 0.25) is 5.95 Å². The summed E-state index contributed by atoms with van der Waals surface area (Å²) in [7, 11) is 5.60. The third-order valence-corrected chi connectivity index (χ3v) is 10.2. The van der Waals surface area contributed by atoms with Crippen molar-refractivity contribution in [2.45, 2.75) is 75.9 Å². The van der Waals surface area contributed by atoms with E-state index in [0.29, 0.717) is 23.5 Å². The Morgan fingerprint density at radius 3 is 2.17 bits per heavy atom. The minimum Gasteiger partial charge on any atom is -0.495 e. The Morgan fingerprint density at radius 2 is 1.54 bits per heavy atom. The highest BCUT2D eigenvalue weighted by Gasteiger charge is 2.41. The minimum atomic E-state index is -4.69. The second-order valence-electron chi connectivity index (χ2n) is 14.0. The maximum Gasteiger partial charge on any atom is 0.421 e. The van der Waals surface area contributed by atoms with Crippen molar-refractivity contribution in [1.29, 1.82) is 0 Å². The molecule has 2 fully saturated rings. The zero-order chi connectivity index (χ0) is 36.7. The molecule has 1 saturated heterocycles. The number of aromatic nitrogens is 2. The number of amides is 1. The van der Waals surface area contributed by atoms with Crippen molar-refractivity contribution in [3.8, 4) is 5.75 Å². The number of hydrogen-bond donors (Lipinski definition) is 2. The summed E-state index contributed by atoms with van der Waals surface area (Å²) in [5, 5.41) is 6.20. The van der Waals surface area contributed by atoms with Crippen molar-refractivity contribution in [3.63, 3.8) is 0 Å². The molecule has 1 saturated carbocycles. The number of piperidine rings is 1. The molecule has 2 heterocycles. The Bertz CT molecular complexity index is 1770. The molecule has 2 N–H and O–H groups in total. The molecule has 0 radical (unpaired) electrons. The first-order valence-electron chi connectivity index (χ1n) is 18.0. The lowest BCUT2D eigenvalue weighted by molar-refractivity contribution is -0.137. The Labute approximate surface area is 304 Å². The molecule has 1 aromatic heterocycles. The van der Waals surface area contributed by atoms with Crippen LogP contribution in [0, 0.1) is 0 Å². The quantitative estimate of drug-likeness (QED) is 0.156. The fourth-order valence-electron chi connectivity index (χ4n) is 7.42. The number of likely N-dealkylation sites (tertiary alicyclic amines) is 1. The lowest BCUT2D eigenvalue weighted by Crippen LogP contribution is -2.52. The Morgan fingerprint density at radius 1 is 0.904 bits per heavy atom. The van der Waals surface area contributed by atoms with Crippen molar-refractivity contribution in [2.24, 2.45) is 0 Å². The molecule has 0 bridgehead atoms. The van der Waals surface area contributed by atoms with Crippen LogP contribution in [0.15, 0.2) is 85.1 Å². The number of carbonyl (C=O) groups is 1. The van der Waals surface area contributed by atoms with Crippen LogP contribution in [-0.4, -0.2) is 78.1 Å². The molecule has 2 aliphatic rings. The van der Waals surface area contributed by atoms with Crippen molar-refractivity contribution < 1.29 is 22.7 Å². The van der Waals surface area contributed by atoms with Crippen molar-refractivity contribution in [2.75, 3.05) is 44.5 Å². The van der Waals surface area contributed by atoms with Gasteiger partial charge in [0.15, 0.2) is 0 Å². The van der Waals surface area contributed by atoms with Crippen LogP contribution in [0.25, 0.3) is 0 Å². The van der Waals surface area contributed by atoms with Gasteiger partial charge in [-0.05, 0) is 82.2 Å². The summed E-state index contributed by atoms with van der Waals surface area (Å²) in [5.74, 6) is -0.0414. The summed E-state index contributed by atoms with van der Waals surface area (Å²) in [5.41, 5.74) is 1.99. The second-order valence-corrected chi connectivity index (χ2v) is 14.0. The highest BCUT2D eigenvalue weighted by atomic mass is 19.4.